The first-order chi connectivity index (χ1) is 8.35. The molecule has 0 atom stereocenters. The highest BCUT2D eigenvalue weighted by Crippen LogP contribution is 2.12. The first kappa shape index (κ1) is 17.6. The maximum absolute atomic E-state index is 11.7. The average molecular weight is 270 g/mol. The van der Waals surface area contributed by atoms with Crippen LogP contribution in [0.4, 0.5) is 0 Å². The lowest BCUT2D eigenvalue weighted by Gasteiger charge is -2.13. The lowest BCUT2D eigenvalue weighted by molar-refractivity contribution is -0.123. The van der Waals surface area contributed by atoms with E-state index in [0.29, 0.717) is 19.3 Å². The standard InChI is InChI=1S/C15H30O2Si/c1-5-6-7-8-9-10-14(16)11-12-15(17)13-18(2,3)4/h5-13H2,1-4H3. The maximum atomic E-state index is 11.7. The van der Waals surface area contributed by atoms with Gasteiger partial charge in [-0.1, -0.05) is 52.2 Å². The van der Waals surface area contributed by atoms with Crippen LogP contribution < -0.4 is 0 Å². The van der Waals surface area contributed by atoms with E-state index in [1.807, 2.05) is 0 Å². The van der Waals surface area contributed by atoms with E-state index in [1.54, 1.807) is 0 Å². The van der Waals surface area contributed by atoms with E-state index >= 15 is 0 Å². The van der Waals surface area contributed by atoms with Crippen molar-refractivity contribution in [1.82, 2.24) is 0 Å². The zero-order chi connectivity index (χ0) is 14.0. The number of rotatable bonds is 11. The Bertz CT molecular complexity index is 254. The minimum Gasteiger partial charge on any atom is -0.300 e. The van der Waals surface area contributed by atoms with Crippen LogP contribution in [-0.2, 0) is 9.59 Å². The van der Waals surface area contributed by atoms with E-state index in [2.05, 4.69) is 26.6 Å². The van der Waals surface area contributed by atoms with Crippen molar-refractivity contribution < 1.29 is 9.59 Å². The van der Waals surface area contributed by atoms with Gasteiger partial charge in [0, 0.05) is 25.3 Å². The summed E-state index contributed by atoms with van der Waals surface area (Å²) in [6, 6.07) is 0.719. The van der Waals surface area contributed by atoms with Gasteiger partial charge in [0.1, 0.15) is 11.6 Å². The predicted octanol–water partition coefficient (Wildman–Crippen LogP) is 4.60. The van der Waals surface area contributed by atoms with Gasteiger partial charge in [0.2, 0.25) is 0 Å². The van der Waals surface area contributed by atoms with Gasteiger partial charge in [-0.25, -0.2) is 0 Å². The summed E-state index contributed by atoms with van der Waals surface area (Å²) >= 11 is 0. The lowest BCUT2D eigenvalue weighted by Crippen LogP contribution is -2.24. The normalized spacial score (nSPS) is 11.6. The Labute approximate surface area is 114 Å². The fourth-order valence-corrected chi connectivity index (χ4v) is 3.37. The summed E-state index contributed by atoms with van der Waals surface area (Å²) in [4.78, 5) is 23.3. The Morgan fingerprint density at radius 3 is 1.89 bits per heavy atom. The largest absolute Gasteiger partial charge is 0.300 e. The minimum atomic E-state index is -1.29. The number of Topliss-reactive ketones (excluding diaryl/α,β-unsaturated/α-hetero) is 2. The van der Waals surface area contributed by atoms with Crippen LogP contribution in [0.1, 0.15) is 58.3 Å². The van der Waals surface area contributed by atoms with Crippen LogP contribution in [0.5, 0.6) is 0 Å². The number of ketones is 2. The molecule has 0 fully saturated rings. The van der Waals surface area contributed by atoms with Crippen molar-refractivity contribution in [2.24, 2.45) is 0 Å². The summed E-state index contributed by atoms with van der Waals surface area (Å²) in [5.41, 5.74) is 0. The molecule has 0 radical (unpaired) electrons. The molecule has 0 bridgehead atoms. The Morgan fingerprint density at radius 2 is 1.33 bits per heavy atom. The van der Waals surface area contributed by atoms with Crippen LogP contribution in [0.2, 0.25) is 25.7 Å². The summed E-state index contributed by atoms with van der Waals surface area (Å²) in [6.07, 6.45) is 7.50. The molecule has 2 nitrogen and oxygen atoms in total. The fourth-order valence-electron chi connectivity index (χ4n) is 2.01. The molecule has 0 aromatic rings. The van der Waals surface area contributed by atoms with Crippen molar-refractivity contribution in [3.05, 3.63) is 0 Å². The SMILES string of the molecule is CCCCCCCC(=O)CCC(=O)C[Si](C)(C)C. The smallest absolute Gasteiger partial charge is 0.133 e. The topological polar surface area (TPSA) is 34.1 Å². The molecule has 0 aliphatic carbocycles. The predicted molar refractivity (Wildman–Crippen MR) is 80.8 cm³/mol. The number of carbonyl (C=O) groups is 2. The summed E-state index contributed by atoms with van der Waals surface area (Å²) in [6.45, 7) is 8.77. The van der Waals surface area contributed by atoms with Crippen molar-refractivity contribution in [2.45, 2.75) is 84.0 Å². The molecule has 0 aliphatic rings. The molecule has 0 aromatic heterocycles. The van der Waals surface area contributed by atoms with Gasteiger partial charge in [-0.3, -0.25) is 4.79 Å². The van der Waals surface area contributed by atoms with Crippen LogP contribution in [0, 0.1) is 0 Å². The highest BCUT2D eigenvalue weighted by molar-refractivity contribution is 6.78. The van der Waals surface area contributed by atoms with Crippen molar-refractivity contribution >= 4 is 19.6 Å². The Balaban J connectivity index is 3.55. The molecule has 0 rings (SSSR count). The highest BCUT2D eigenvalue weighted by atomic mass is 28.3. The molecule has 0 amide bonds. The average Bonchev–Trinajstić information content (AvgIpc) is 2.24. The Kier molecular flexibility index (Phi) is 9.25. The van der Waals surface area contributed by atoms with E-state index in [0.717, 1.165) is 18.9 Å². The van der Waals surface area contributed by atoms with Crippen LogP contribution >= 0.6 is 0 Å². The van der Waals surface area contributed by atoms with E-state index in [1.165, 1.54) is 19.3 Å². The van der Waals surface area contributed by atoms with Gasteiger partial charge in [-0.15, -0.1) is 0 Å². The first-order valence-corrected chi connectivity index (χ1v) is 11.1. The van der Waals surface area contributed by atoms with E-state index < -0.39 is 8.07 Å². The second kappa shape index (κ2) is 9.48. The zero-order valence-corrected chi connectivity index (χ0v) is 13.7. The number of hydrogen-bond acceptors (Lipinski definition) is 2. The van der Waals surface area contributed by atoms with Gasteiger partial charge in [-0.2, -0.15) is 0 Å². The fraction of sp³-hybridized carbons (Fsp3) is 0.867. The Hall–Kier alpha value is -0.443. The van der Waals surface area contributed by atoms with E-state index in [-0.39, 0.29) is 11.6 Å². The van der Waals surface area contributed by atoms with Gasteiger partial charge >= 0.3 is 0 Å². The minimum absolute atomic E-state index is 0.274. The van der Waals surface area contributed by atoms with Crippen molar-refractivity contribution in [3.8, 4) is 0 Å². The molecule has 0 heterocycles. The monoisotopic (exact) mass is 270 g/mol. The molecule has 0 spiro atoms. The van der Waals surface area contributed by atoms with Crippen LogP contribution in [0.15, 0.2) is 0 Å². The second-order valence-electron chi connectivity index (χ2n) is 6.48. The molecular formula is C15H30O2Si. The third kappa shape index (κ3) is 12.0. The summed E-state index contributed by atoms with van der Waals surface area (Å²) < 4.78 is 0. The van der Waals surface area contributed by atoms with Gasteiger partial charge < -0.3 is 4.79 Å². The highest BCUT2D eigenvalue weighted by Gasteiger charge is 2.18. The van der Waals surface area contributed by atoms with Crippen molar-refractivity contribution in [2.75, 3.05) is 0 Å². The molecule has 0 unspecified atom stereocenters. The first-order valence-electron chi connectivity index (χ1n) is 7.38. The van der Waals surface area contributed by atoms with Crippen LogP contribution in [0.3, 0.4) is 0 Å². The second-order valence-corrected chi connectivity index (χ2v) is 12.0. The molecule has 0 saturated heterocycles. The summed E-state index contributed by atoms with van der Waals surface area (Å²) in [5.74, 6) is 0.559. The molecule has 106 valence electrons. The molecular weight excluding hydrogens is 240 g/mol. The quantitative estimate of drug-likeness (QED) is 0.406. The van der Waals surface area contributed by atoms with Gasteiger partial charge in [0.25, 0.3) is 0 Å². The summed E-state index contributed by atoms with van der Waals surface area (Å²) in [7, 11) is -1.29. The molecule has 0 aromatic carbocycles. The van der Waals surface area contributed by atoms with Gasteiger partial charge in [-0.05, 0) is 6.42 Å². The molecule has 18 heavy (non-hydrogen) atoms. The molecule has 0 saturated carbocycles. The number of unbranched alkanes of at least 4 members (excludes halogenated alkanes) is 4. The Morgan fingerprint density at radius 1 is 0.778 bits per heavy atom. The lowest BCUT2D eigenvalue weighted by atomic mass is 10.1. The van der Waals surface area contributed by atoms with E-state index in [9.17, 15) is 9.59 Å². The van der Waals surface area contributed by atoms with E-state index in [4.69, 9.17) is 0 Å². The summed E-state index contributed by atoms with van der Waals surface area (Å²) in [5, 5.41) is 0. The van der Waals surface area contributed by atoms with Crippen molar-refractivity contribution in [3.63, 3.8) is 0 Å². The third-order valence-electron chi connectivity index (χ3n) is 2.97. The molecule has 0 aliphatic heterocycles. The number of carbonyl (C=O) groups excluding carboxylic acids is 2. The third-order valence-corrected chi connectivity index (χ3v) is 4.42. The molecule has 0 N–H and O–H groups in total. The van der Waals surface area contributed by atoms with Crippen molar-refractivity contribution in [1.29, 1.82) is 0 Å². The molecule has 3 heteroatoms. The maximum Gasteiger partial charge on any atom is 0.133 e. The van der Waals surface area contributed by atoms with Crippen LogP contribution in [0.25, 0.3) is 0 Å². The number of hydrogen-bond donors (Lipinski definition) is 0. The van der Waals surface area contributed by atoms with Gasteiger partial charge in [0.05, 0.1) is 8.07 Å². The van der Waals surface area contributed by atoms with Gasteiger partial charge in [0.15, 0.2) is 0 Å². The zero-order valence-electron chi connectivity index (χ0n) is 12.7. The van der Waals surface area contributed by atoms with Crippen LogP contribution in [-0.4, -0.2) is 19.6 Å².